The molecule has 0 aliphatic rings. The van der Waals surface area contributed by atoms with Crippen LogP contribution < -0.4 is 10.2 Å². The first-order chi connectivity index (χ1) is 10.5. The standard InChI is InChI=1S/C17H18ClFN2O/c1-3-21(14-6-4-5-13(19)10-14)11-17(22)20-16-8-7-12(2)9-15(16)18/h4-10H,3,11H2,1-2H3,(H,20,22). The Bertz CT molecular complexity index is 675. The van der Waals surface area contributed by atoms with Gasteiger partial charge in [0.1, 0.15) is 5.82 Å². The molecular formula is C17H18ClFN2O. The van der Waals surface area contributed by atoms with Crippen LogP contribution in [-0.2, 0) is 4.79 Å². The van der Waals surface area contributed by atoms with E-state index in [2.05, 4.69) is 5.32 Å². The Kier molecular flexibility index (Phi) is 5.39. The zero-order valence-corrected chi connectivity index (χ0v) is 13.3. The normalized spacial score (nSPS) is 10.4. The minimum absolute atomic E-state index is 0.129. The fourth-order valence-corrected chi connectivity index (χ4v) is 2.43. The predicted octanol–water partition coefficient (Wildman–Crippen LogP) is 4.25. The zero-order chi connectivity index (χ0) is 16.1. The minimum Gasteiger partial charge on any atom is -0.362 e. The molecule has 0 heterocycles. The van der Waals surface area contributed by atoms with E-state index in [1.54, 1.807) is 29.2 Å². The summed E-state index contributed by atoms with van der Waals surface area (Å²) in [5, 5.41) is 3.28. The van der Waals surface area contributed by atoms with Gasteiger partial charge in [0.25, 0.3) is 0 Å². The van der Waals surface area contributed by atoms with E-state index in [1.165, 1.54) is 12.1 Å². The summed E-state index contributed by atoms with van der Waals surface area (Å²) in [5.41, 5.74) is 2.28. The van der Waals surface area contributed by atoms with Gasteiger partial charge in [0.15, 0.2) is 0 Å². The molecule has 0 aliphatic heterocycles. The lowest BCUT2D eigenvalue weighted by molar-refractivity contribution is -0.115. The van der Waals surface area contributed by atoms with Gasteiger partial charge < -0.3 is 10.2 Å². The smallest absolute Gasteiger partial charge is 0.243 e. The van der Waals surface area contributed by atoms with Crippen LogP contribution in [0.2, 0.25) is 5.02 Å². The number of hydrogen-bond donors (Lipinski definition) is 1. The highest BCUT2D eigenvalue weighted by Gasteiger charge is 2.12. The molecular weight excluding hydrogens is 303 g/mol. The Morgan fingerprint density at radius 2 is 2.05 bits per heavy atom. The molecule has 1 amide bonds. The maximum absolute atomic E-state index is 13.3. The maximum Gasteiger partial charge on any atom is 0.243 e. The van der Waals surface area contributed by atoms with Crippen molar-refractivity contribution in [2.24, 2.45) is 0 Å². The number of nitrogens with zero attached hydrogens (tertiary/aromatic N) is 1. The number of aryl methyl sites for hydroxylation is 1. The van der Waals surface area contributed by atoms with Gasteiger partial charge in [-0.15, -0.1) is 0 Å². The third-order valence-electron chi connectivity index (χ3n) is 3.29. The van der Waals surface area contributed by atoms with Crippen LogP contribution in [0.15, 0.2) is 42.5 Å². The summed E-state index contributed by atoms with van der Waals surface area (Å²) in [6.45, 7) is 4.57. The Morgan fingerprint density at radius 3 is 2.68 bits per heavy atom. The van der Waals surface area contributed by atoms with E-state index in [0.29, 0.717) is 22.9 Å². The summed E-state index contributed by atoms with van der Waals surface area (Å²) < 4.78 is 13.3. The lowest BCUT2D eigenvalue weighted by Gasteiger charge is -2.22. The second-order valence-corrected chi connectivity index (χ2v) is 5.43. The summed E-state index contributed by atoms with van der Waals surface area (Å²) >= 11 is 6.10. The van der Waals surface area contributed by atoms with Gasteiger partial charge >= 0.3 is 0 Å². The van der Waals surface area contributed by atoms with Gasteiger partial charge in [0.2, 0.25) is 5.91 Å². The molecule has 0 radical (unpaired) electrons. The van der Waals surface area contributed by atoms with Crippen molar-refractivity contribution in [2.75, 3.05) is 23.3 Å². The van der Waals surface area contributed by atoms with Crippen LogP contribution in [0.4, 0.5) is 15.8 Å². The van der Waals surface area contributed by atoms with E-state index in [0.717, 1.165) is 5.56 Å². The number of amides is 1. The fourth-order valence-electron chi connectivity index (χ4n) is 2.14. The van der Waals surface area contributed by atoms with Crippen molar-refractivity contribution in [3.8, 4) is 0 Å². The molecule has 22 heavy (non-hydrogen) atoms. The fraction of sp³-hybridized carbons (Fsp3) is 0.235. The summed E-state index contributed by atoms with van der Waals surface area (Å²) in [6, 6.07) is 11.6. The second kappa shape index (κ2) is 7.27. The molecule has 0 saturated carbocycles. The van der Waals surface area contributed by atoms with Crippen molar-refractivity contribution in [3.05, 3.63) is 58.9 Å². The van der Waals surface area contributed by atoms with Crippen LogP contribution in [0.1, 0.15) is 12.5 Å². The van der Waals surface area contributed by atoms with Crippen molar-refractivity contribution in [3.63, 3.8) is 0 Å². The first-order valence-corrected chi connectivity index (χ1v) is 7.44. The van der Waals surface area contributed by atoms with Gasteiger partial charge in [-0.2, -0.15) is 0 Å². The first-order valence-electron chi connectivity index (χ1n) is 7.06. The van der Waals surface area contributed by atoms with Crippen LogP contribution >= 0.6 is 11.6 Å². The molecule has 0 saturated heterocycles. The third-order valence-corrected chi connectivity index (χ3v) is 3.60. The quantitative estimate of drug-likeness (QED) is 0.893. The first kappa shape index (κ1) is 16.3. The molecule has 3 nitrogen and oxygen atoms in total. The van der Waals surface area contributed by atoms with E-state index in [9.17, 15) is 9.18 Å². The largest absolute Gasteiger partial charge is 0.362 e. The molecule has 0 fully saturated rings. The Hall–Kier alpha value is -2.07. The average molecular weight is 321 g/mol. The van der Waals surface area contributed by atoms with Crippen LogP contribution in [-0.4, -0.2) is 19.0 Å². The SMILES string of the molecule is CCN(CC(=O)Nc1ccc(C)cc1Cl)c1cccc(F)c1. The number of carbonyl (C=O) groups excluding carboxylic acids is 1. The molecule has 0 aliphatic carbocycles. The van der Waals surface area contributed by atoms with E-state index in [-0.39, 0.29) is 18.3 Å². The zero-order valence-electron chi connectivity index (χ0n) is 12.6. The monoisotopic (exact) mass is 320 g/mol. The molecule has 0 spiro atoms. The van der Waals surface area contributed by atoms with E-state index >= 15 is 0 Å². The van der Waals surface area contributed by atoms with Crippen LogP contribution in [0, 0.1) is 12.7 Å². The summed E-state index contributed by atoms with van der Waals surface area (Å²) in [5.74, 6) is -0.519. The highest BCUT2D eigenvalue weighted by molar-refractivity contribution is 6.33. The van der Waals surface area contributed by atoms with Crippen molar-refractivity contribution in [1.29, 1.82) is 0 Å². The molecule has 0 bridgehead atoms. The average Bonchev–Trinajstić information content (AvgIpc) is 2.47. The predicted molar refractivity (Wildman–Crippen MR) is 89.1 cm³/mol. The Labute approximate surface area is 134 Å². The van der Waals surface area contributed by atoms with Gasteiger partial charge in [-0.3, -0.25) is 4.79 Å². The molecule has 116 valence electrons. The van der Waals surface area contributed by atoms with E-state index < -0.39 is 0 Å². The Morgan fingerprint density at radius 1 is 1.27 bits per heavy atom. The van der Waals surface area contributed by atoms with Crippen LogP contribution in [0.3, 0.4) is 0 Å². The van der Waals surface area contributed by atoms with Gasteiger partial charge in [0, 0.05) is 12.2 Å². The van der Waals surface area contributed by atoms with E-state index in [1.807, 2.05) is 19.9 Å². The second-order valence-electron chi connectivity index (χ2n) is 5.03. The van der Waals surface area contributed by atoms with Crippen molar-refractivity contribution >= 4 is 28.9 Å². The van der Waals surface area contributed by atoms with Gasteiger partial charge in [-0.25, -0.2) is 4.39 Å². The number of benzene rings is 2. The van der Waals surface area contributed by atoms with Crippen molar-refractivity contribution in [1.82, 2.24) is 0 Å². The number of halogens is 2. The van der Waals surface area contributed by atoms with Crippen molar-refractivity contribution in [2.45, 2.75) is 13.8 Å². The lowest BCUT2D eigenvalue weighted by atomic mass is 10.2. The molecule has 5 heteroatoms. The van der Waals surface area contributed by atoms with E-state index in [4.69, 9.17) is 11.6 Å². The van der Waals surface area contributed by atoms with Gasteiger partial charge in [-0.05, 0) is 49.7 Å². The molecule has 2 aromatic carbocycles. The molecule has 1 N–H and O–H groups in total. The third kappa shape index (κ3) is 4.21. The van der Waals surface area contributed by atoms with Gasteiger partial charge in [-0.1, -0.05) is 23.7 Å². The van der Waals surface area contributed by atoms with Crippen LogP contribution in [0.25, 0.3) is 0 Å². The number of likely N-dealkylation sites (N-methyl/N-ethyl adjacent to an activating group) is 1. The molecule has 2 aromatic rings. The number of anilines is 2. The minimum atomic E-state index is -0.321. The number of nitrogens with one attached hydrogen (secondary N) is 1. The topological polar surface area (TPSA) is 32.3 Å². The highest BCUT2D eigenvalue weighted by Crippen LogP contribution is 2.23. The van der Waals surface area contributed by atoms with Crippen LogP contribution in [0.5, 0.6) is 0 Å². The Balaban J connectivity index is 2.06. The highest BCUT2D eigenvalue weighted by atomic mass is 35.5. The maximum atomic E-state index is 13.3. The molecule has 2 rings (SSSR count). The summed E-state index contributed by atoms with van der Waals surface area (Å²) in [7, 11) is 0. The lowest BCUT2D eigenvalue weighted by Crippen LogP contribution is -2.33. The molecule has 0 atom stereocenters. The number of carbonyl (C=O) groups is 1. The summed E-state index contributed by atoms with van der Waals surface area (Å²) in [6.07, 6.45) is 0. The summed E-state index contributed by atoms with van der Waals surface area (Å²) in [4.78, 5) is 14.0. The number of rotatable bonds is 5. The number of hydrogen-bond acceptors (Lipinski definition) is 2. The van der Waals surface area contributed by atoms with Crippen molar-refractivity contribution < 1.29 is 9.18 Å². The molecule has 0 unspecified atom stereocenters. The molecule has 0 aromatic heterocycles. The van der Waals surface area contributed by atoms with Gasteiger partial charge in [0.05, 0.1) is 17.3 Å².